The molecule has 0 radical (unpaired) electrons. The van der Waals surface area contributed by atoms with E-state index in [-0.39, 0.29) is 11.9 Å². The van der Waals surface area contributed by atoms with Crippen molar-refractivity contribution in [2.45, 2.75) is 39.7 Å². The summed E-state index contributed by atoms with van der Waals surface area (Å²) in [5, 5.41) is 8.26. The van der Waals surface area contributed by atoms with Crippen LogP contribution in [0.25, 0.3) is 0 Å². The van der Waals surface area contributed by atoms with Crippen LogP contribution in [0.3, 0.4) is 0 Å². The number of halogens is 1. The topological polar surface area (TPSA) is 53.5 Å². The van der Waals surface area contributed by atoms with Crippen LogP contribution in [-0.4, -0.2) is 17.7 Å². The lowest BCUT2D eigenvalue weighted by atomic mass is 10.1. The molecular formula is C20H24ClN3O. The van der Waals surface area contributed by atoms with Crippen LogP contribution in [0, 0.1) is 6.92 Å². The first-order chi connectivity index (χ1) is 12.0. The summed E-state index contributed by atoms with van der Waals surface area (Å²) in [4.78, 5) is 12.5. The second-order valence-electron chi connectivity index (χ2n) is 5.82. The van der Waals surface area contributed by atoms with E-state index in [9.17, 15) is 4.79 Å². The van der Waals surface area contributed by atoms with Gasteiger partial charge in [-0.15, -0.1) is 0 Å². The monoisotopic (exact) mass is 357 g/mol. The first-order valence-corrected chi connectivity index (χ1v) is 8.87. The molecule has 2 aromatic rings. The predicted octanol–water partition coefficient (Wildman–Crippen LogP) is 4.77. The zero-order valence-corrected chi connectivity index (χ0v) is 15.6. The molecule has 0 aliphatic carbocycles. The van der Waals surface area contributed by atoms with Crippen molar-refractivity contribution in [2.75, 3.05) is 5.32 Å². The molecule has 1 atom stereocenters. The maximum atomic E-state index is 12.5. The molecular weight excluding hydrogens is 334 g/mol. The average molecular weight is 358 g/mol. The maximum absolute atomic E-state index is 12.5. The molecule has 2 aromatic carbocycles. The van der Waals surface area contributed by atoms with Crippen molar-refractivity contribution in [3.63, 3.8) is 0 Å². The highest BCUT2D eigenvalue weighted by molar-refractivity contribution is 6.30. The summed E-state index contributed by atoms with van der Waals surface area (Å²) in [5.74, 6) is -0.154. The third kappa shape index (κ3) is 5.33. The van der Waals surface area contributed by atoms with Crippen molar-refractivity contribution in [2.24, 2.45) is 5.10 Å². The normalized spacial score (nSPS) is 12.6. The fraction of sp³-hybridized carbons (Fsp3) is 0.300. The van der Waals surface area contributed by atoms with E-state index in [1.165, 1.54) is 0 Å². The number of hydrazone groups is 1. The van der Waals surface area contributed by atoms with Crippen LogP contribution in [0.1, 0.15) is 37.8 Å². The number of carbonyl (C=O) groups excluding carboxylic acids is 1. The van der Waals surface area contributed by atoms with Crippen molar-refractivity contribution in [3.8, 4) is 0 Å². The molecule has 4 nitrogen and oxygen atoms in total. The summed E-state index contributed by atoms with van der Waals surface area (Å²) in [6, 6.07) is 15.1. The largest absolute Gasteiger partial charge is 0.373 e. The van der Waals surface area contributed by atoms with Crippen LogP contribution in [0.5, 0.6) is 0 Å². The van der Waals surface area contributed by atoms with Gasteiger partial charge in [-0.25, -0.2) is 5.43 Å². The molecule has 25 heavy (non-hydrogen) atoms. The van der Waals surface area contributed by atoms with Crippen LogP contribution < -0.4 is 10.7 Å². The van der Waals surface area contributed by atoms with Crippen LogP contribution in [0.4, 0.5) is 5.69 Å². The Labute approximate surface area is 154 Å². The van der Waals surface area contributed by atoms with Gasteiger partial charge in [-0.3, -0.25) is 4.79 Å². The zero-order chi connectivity index (χ0) is 18.2. The average Bonchev–Trinajstić information content (AvgIpc) is 2.62. The minimum absolute atomic E-state index is 0.154. The molecule has 0 saturated carbocycles. The number of carbonyl (C=O) groups is 1. The first-order valence-electron chi connectivity index (χ1n) is 8.49. The fourth-order valence-corrected chi connectivity index (χ4v) is 2.74. The summed E-state index contributed by atoms with van der Waals surface area (Å²) in [6.45, 7) is 5.94. The molecule has 0 heterocycles. The lowest BCUT2D eigenvalue weighted by molar-refractivity contribution is -0.121. The highest BCUT2D eigenvalue weighted by Gasteiger charge is 2.17. The van der Waals surface area contributed by atoms with Gasteiger partial charge in [-0.1, -0.05) is 55.8 Å². The molecule has 2 rings (SSSR count). The standard InChI is InChI=1S/C20H24ClN3O/c1-4-17(15-9-7-6-8-10-15)23-24-20(25)18(5-2)22-19-12-11-16(21)13-14(19)3/h6-13,18,22H,4-5H2,1-3H3,(H,24,25). The Hall–Kier alpha value is -2.33. The molecule has 1 amide bonds. The second-order valence-corrected chi connectivity index (χ2v) is 6.25. The van der Waals surface area contributed by atoms with E-state index in [0.717, 1.165) is 28.9 Å². The lowest BCUT2D eigenvalue weighted by Crippen LogP contribution is -2.37. The Balaban J connectivity index is 2.07. The number of amides is 1. The Morgan fingerprint density at radius 1 is 1.16 bits per heavy atom. The van der Waals surface area contributed by atoms with Crippen molar-refractivity contribution in [3.05, 3.63) is 64.7 Å². The van der Waals surface area contributed by atoms with Crippen LogP contribution in [-0.2, 0) is 4.79 Å². The third-order valence-corrected chi connectivity index (χ3v) is 4.22. The molecule has 0 aliphatic rings. The van der Waals surface area contributed by atoms with Crippen molar-refractivity contribution >= 4 is 28.9 Å². The molecule has 2 N–H and O–H groups in total. The number of nitrogens with one attached hydrogen (secondary N) is 2. The quantitative estimate of drug-likeness (QED) is 0.554. The van der Waals surface area contributed by atoms with Gasteiger partial charge in [0.15, 0.2) is 0 Å². The molecule has 0 fully saturated rings. The van der Waals surface area contributed by atoms with Gasteiger partial charge in [0.1, 0.15) is 6.04 Å². The highest BCUT2D eigenvalue weighted by atomic mass is 35.5. The summed E-state index contributed by atoms with van der Waals surface area (Å²) in [7, 11) is 0. The van der Waals surface area contributed by atoms with Gasteiger partial charge in [-0.05, 0) is 49.1 Å². The van der Waals surface area contributed by atoms with E-state index in [4.69, 9.17) is 11.6 Å². The maximum Gasteiger partial charge on any atom is 0.262 e. The van der Waals surface area contributed by atoms with Gasteiger partial charge in [0.05, 0.1) is 5.71 Å². The zero-order valence-electron chi connectivity index (χ0n) is 14.8. The SMILES string of the molecule is CCC(=NNC(=O)C(CC)Nc1ccc(Cl)cc1C)c1ccccc1. The summed E-state index contributed by atoms with van der Waals surface area (Å²) < 4.78 is 0. The second kappa shape index (κ2) is 9.23. The minimum Gasteiger partial charge on any atom is -0.373 e. The van der Waals surface area contributed by atoms with Gasteiger partial charge >= 0.3 is 0 Å². The van der Waals surface area contributed by atoms with Gasteiger partial charge in [-0.2, -0.15) is 5.10 Å². The van der Waals surface area contributed by atoms with E-state index in [2.05, 4.69) is 15.8 Å². The van der Waals surface area contributed by atoms with Crippen molar-refractivity contribution in [1.29, 1.82) is 0 Å². The smallest absolute Gasteiger partial charge is 0.262 e. The van der Waals surface area contributed by atoms with Gasteiger partial charge in [0.2, 0.25) is 0 Å². The number of hydrogen-bond donors (Lipinski definition) is 2. The van der Waals surface area contributed by atoms with E-state index < -0.39 is 0 Å². The summed E-state index contributed by atoms with van der Waals surface area (Å²) >= 11 is 5.98. The Bertz CT molecular complexity index is 744. The van der Waals surface area contributed by atoms with E-state index in [1.54, 1.807) is 0 Å². The molecule has 0 aliphatic heterocycles. The summed E-state index contributed by atoms with van der Waals surface area (Å²) in [5.41, 5.74) is 6.46. The number of nitrogens with zero attached hydrogens (tertiary/aromatic N) is 1. The lowest BCUT2D eigenvalue weighted by Gasteiger charge is -2.18. The van der Waals surface area contributed by atoms with Gasteiger partial charge in [0.25, 0.3) is 5.91 Å². The van der Waals surface area contributed by atoms with Crippen LogP contribution in [0.2, 0.25) is 5.02 Å². The minimum atomic E-state index is -0.363. The number of rotatable bonds is 7. The molecule has 0 spiro atoms. The van der Waals surface area contributed by atoms with Gasteiger partial charge in [0, 0.05) is 10.7 Å². The fourth-order valence-electron chi connectivity index (χ4n) is 2.51. The third-order valence-electron chi connectivity index (χ3n) is 3.99. The Kier molecular flexibility index (Phi) is 7.02. The van der Waals surface area contributed by atoms with Crippen LogP contribution >= 0.6 is 11.6 Å². The van der Waals surface area contributed by atoms with Crippen molar-refractivity contribution < 1.29 is 4.79 Å². The number of benzene rings is 2. The van der Waals surface area contributed by atoms with Crippen LogP contribution in [0.15, 0.2) is 53.6 Å². The van der Waals surface area contributed by atoms with E-state index in [1.807, 2.05) is 69.3 Å². The molecule has 0 aromatic heterocycles. The molecule has 0 saturated heterocycles. The molecule has 1 unspecified atom stereocenters. The number of anilines is 1. The molecule has 0 bridgehead atoms. The van der Waals surface area contributed by atoms with E-state index in [0.29, 0.717) is 11.4 Å². The Morgan fingerprint density at radius 3 is 2.48 bits per heavy atom. The predicted molar refractivity (Wildman–Crippen MR) is 105 cm³/mol. The summed E-state index contributed by atoms with van der Waals surface area (Å²) in [6.07, 6.45) is 1.39. The molecule has 132 valence electrons. The highest BCUT2D eigenvalue weighted by Crippen LogP contribution is 2.20. The number of hydrogen-bond acceptors (Lipinski definition) is 3. The van der Waals surface area contributed by atoms with Gasteiger partial charge < -0.3 is 5.32 Å². The van der Waals surface area contributed by atoms with E-state index >= 15 is 0 Å². The Morgan fingerprint density at radius 2 is 1.88 bits per heavy atom. The molecule has 5 heteroatoms. The number of aryl methyl sites for hydroxylation is 1. The first kappa shape index (κ1) is 19.0. The van der Waals surface area contributed by atoms with Crippen molar-refractivity contribution in [1.82, 2.24) is 5.43 Å².